The van der Waals surface area contributed by atoms with Crippen LogP contribution in [0.25, 0.3) is 11.3 Å². The lowest BCUT2D eigenvalue weighted by molar-refractivity contribution is -0.116. The van der Waals surface area contributed by atoms with Crippen LogP contribution >= 0.6 is 0 Å². The number of methoxy groups -OCH3 is 1. The van der Waals surface area contributed by atoms with Gasteiger partial charge in [0.25, 0.3) is 0 Å². The van der Waals surface area contributed by atoms with Gasteiger partial charge in [0.05, 0.1) is 18.9 Å². The molecule has 0 bridgehead atoms. The van der Waals surface area contributed by atoms with E-state index in [-0.39, 0.29) is 5.91 Å². The summed E-state index contributed by atoms with van der Waals surface area (Å²) in [5.41, 5.74) is 2.87. The summed E-state index contributed by atoms with van der Waals surface area (Å²) in [5, 5.41) is 6.65. The molecule has 3 rings (SSSR count). The molecule has 3 aromatic rings. The smallest absolute Gasteiger partial charge is 0.337 e. The van der Waals surface area contributed by atoms with Crippen LogP contribution in [0.5, 0.6) is 0 Å². The Morgan fingerprint density at radius 3 is 2.50 bits per heavy atom. The number of aromatic nitrogens is 1. The number of ether oxygens (including phenoxy) is 1. The maximum Gasteiger partial charge on any atom is 0.337 e. The third-order valence-electron chi connectivity index (χ3n) is 3.89. The van der Waals surface area contributed by atoms with Gasteiger partial charge in [0.1, 0.15) is 0 Å². The largest absolute Gasteiger partial charge is 0.465 e. The van der Waals surface area contributed by atoms with Crippen LogP contribution in [0.15, 0.2) is 65.3 Å². The molecule has 0 aliphatic carbocycles. The maximum atomic E-state index is 12.2. The fourth-order valence-corrected chi connectivity index (χ4v) is 2.54. The Hall–Kier alpha value is -3.41. The lowest BCUT2D eigenvalue weighted by Gasteiger charge is -2.06. The highest BCUT2D eigenvalue weighted by Gasteiger charge is 2.12. The van der Waals surface area contributed by atoms with E-state index in [1.807, 2.05) is 30.3 Å². The zero-order chi connectivity index (χ0) is 18.4. The Kier molecular flexibility index (Phi) is 5.43. The lowest BCUT2D eigenvalue weighted by atomic mass is 10.1. The number of esters is 1. The number of aryl methyl sites for hydroxylation is 1. The van der Waals surface area contributed by atoms with Gasteiger partial charge in [0, 0.05) is 23.2 Å². The Balaban J connectivity index is 1.58. The zero-order valence-electron chi connectivity index (χ0n) is 14.3. The summed E-state index contributed by atoms with van der Waals surface area (Å²) < 4.78 is 9.97. The van der Waals surface area contributed by atoms with E-state index in [1.54, 1.807) is 30.5 Å². The van der Waals surface area contributed by atoms with Crippen molar-refractivity contribution in [2.75, 3.05) is 12.4 Å². The minimum absolute atomic E-state index is 0.129. The number of rotatable bonds is 6. The zero-order valence-corrected chi connectivity index (χ0v) is 14.3. The first kappa shape index (κ1) is 17.4. The SMILES string of the molecule is COC(=O)c1ccc(NC(=O)CCc2cnoc2-c2ccccc2)cc1. The van der Waals surface area contributed by atoms with Crippen LogP contribution < -0.4 is 5.32 Å². The van der Waals surface area contributed by atoms with Crippen molar-refractivity contribution in [3.63, 3.8) is 0 Å². The fourth-order valence-electron chi connectivity index (χ4n) is 2.54. The van der Waals surface area contributed by atoms with Gasteiger partial charge in [-0.05, 0) is 30.7 Å². The highest BCUT2D eigenvalue weighted by molar-refractivity contribution is 5.93. The third kappa shape index (κ3) is 4.16. The normalized spacial score (nSPS) is 10.3. The van der Waals surface area contributed by atoms with Crippen molar-refractivity contribution < 1.29 is 18.8 Å². The number of nitrogens with zero attached hydrogens (tertiary/aromatic N) is 1. The number of carbonyl (C=O) groups is 2. The van der Waals surface area contributed by atoms with E-state index in [9.17, 15) is 9.59 Å². The quantitative estimate of drug-likeness (QED) is 0.686. The topological polar surface area (TPSA) is 81.4 Å². The van der Waals surface area contributed by atoms with E-state index in [4.69, 9.17) is 4.52 Å². The highest BCUT2D eigenvalue weighted by atomic mass is 16.5. The summed E-state index contributed by atoms with van der Waals surface area (Å²) in [5.74, 6) is 0.139. The molecule has 0 spiro atoms. The molecule has 0 saturated heterocycles. The molecule has 0 radical (unpaired) electrons. The van der Waals surface area contributed by atoms with Crippen molar-refractivity contribution in [2.45, 2.75) is 12.8 Å². The second-order valence-electron chi connectivity index (χ2n) is 5.66. The molecule has 132 valence electrons. The van der Waals surface area contributed by atoms with Crippen molar-refractivity contribution in [3.05, 3.63) is 71.9 Å². The second kappa shape index (κ2) is 8.11. The molecule has 1 heterocycles. The molecule has 0 aliphatic rings. The predicted molar refractivity (Wildman–Crippen MR) is 96.7 cm³/mol. The molecule has 6 nitrogen and oxygen atoms in total. The van der Waals surface area contributed by atoms with Crippen LogP contribution in [0, 0.1) is 0 Å². The summed E-state index contributed by atoms with van der Waals surface area (Å²) in [6.45, 7) is 0. The van der Waals surface area contributed by atoms with Crippen LogP contribution in [-0.2, 0) is 16.0 Å². The van der Waals surface area contributed by atoms with Crippen molar-refractivity contribution in [1.82, 2.24) is 5.16 Å². The number of anilines is 1. The van der Waals surface area contributed by atoms with Crippen molar-refractivity contribution >= 4 is 17.6 Å². The molecule has 26 heavy (non-hydrogen) atoms. The molecule has 0 unspecified atom stereocenters. The molecule has 0 aliphatic heterocycles. The molecule has 1 aromatic heterocycles. The Morgan fingerprint density at radius 1 is 1.08 bits per heavy atom. The van der Waals surface area contributed by atoms with Gasteiger partial charge in [-0.15, -0.1) is 0 Å². The van der Waals surface area contributed by atoms with Gasteiger partial charge in [-0.3, -0.25) is 4.79 Å². The summed E-state index contributed by atoms with van der Waals surface area (Å²) >= 11 is 0. The lowest BCUT2D eigenvalue weighted by Crippen LogP contribution is -2.12. The van der Waals surface area contributed by atoms with E-state index in [0.29, 0.717) is 29.9 Å². The van der Waals surface area contributed by atoms with Gasteiger partial charge in [-0.25, -0.2) is 4.79 Å². The van der Waals surface area contributed by atoms with Crippen LogP contribution in [-0.4, -0.2) is 24.1 Å². The Labute approximate surface area is 150 Å². The number of hydrogen-bond acceptors (Lipinski definition) is 5. The molecule has 1 amide bonds. The Bertz CT molecular complexity index is 886. The molecule has 6 heteroatoms. The maximum absolute atomic E-state index is 12.2. The van der Waals surface area contributed by atoms with E-state index < -0.39 is 5.97 Å². The summed E-state index contributed by atoms with van der Waals surface area (Å²) in [7, 11) is 1.33. The van der Waals surface area contributed by atoms with Crippen molar-refractivity contribution in [2.24, 2.45) is 0 Å². The first-order valence-corrected chi connectivity index (χ1v) is 8.14. The first-order chi connectivity index (χ1) is 12.7. The number of amides is 1. The van der Waals surface area contributed by atoms with Gasteiger partial charge in [0.15, 0.2) is 5.76 Å². The van der Waals surface area contributed by atoms with Crippen LogP contribution in [0.3, 0.4) is 0 Å². The van der Waals surface area contributed by atoms with Crippen molar-refractivity contribution in [3.8, 4) is 11.3 Å². The fraction of sp³-hybridized carbons (Fsp3) is 0.150. The van der Waals surface area contributed by atoms with Crippen molar-refractivity contribution in [1.29, 1.82) is 0 Å². The van der Waals surface area contributed by atoms with E-state index in [0.717, 1.165) is 11.1 Å². The minimum Gasteiger partial charge on any atom is -0.465 e. The highest BCUT2D eigenvalue weighted by Crippen LogP contribution is 2.24. The Morgan fingerprint density at radius 2 is 1.81 bits per heavy atom. The van der Waals surface area contributed by atoms with Crippen LogP contribution in [0.1, 0.15) is 22.3 Å². The number of carbonyl (C=O) groups excluding carboxylic acids is 2. The average Bonchev–Trinajstić information content (AvgIpc) is 3.16. The summed E-state index contributed by atoms with van der Waals surface area (Å²) in [6, 6.07) is 16.2. The first-order valence-electron chi connectivity index (χ1n) is 8.14. The number of hydrogen-bond donors (Lipinski definition) is 1. The van der Waals surface area contributed by atoms with Crippen LogP contribution in [0.4, 0.5) is 5.69 Å². The van der Waals surface area contributed by atoms with Gasteiger partial charge >= 0.3 is 5.97 Å². The molecule has 0 atom stereocenters. The molecule has 1 N–H and O–H groups in total. The average molecular weight is 350 g/mol. The second-order valence-corrected chi connectivity index (χ2v) is 5.66. The molecular formula is C20H18N2O4. The standard InChI is InChI=1S/C20H18N2O4/c1-25-20(24)15-7-10-17(11-8-15)22-18(23)12-9-16-13-21-26-19(16)14-5-3-2-4-6-14/h2-8,10-11,13H,9,12H2,1H3,(H,22,23). The van der Waals surface area contributed by atoms with E-state index >= 15 is 0 Å². The van der Waals surface area contributed by atoms with Crippen LogP contribution in [0.2, 0.25) is 0 Å². The predicted octanol–water partition coefficient (Wildman–Crippen LogP) is 3.70. The minimum atomic E-state index is -0.413. The molecular weight excluding hydrogens is 332 g/mol. The van der Waals surface area contributed by atoms with E-state index in [2.05, 4.69) is 15.2 Å². The summed E-state index contributed by atoms with van der Waals surface area (Å²) in [4.78, 5) is 23.6. The van der Waals surface area contributed by atoms with Gasteiger partial charge in [0.2, 0.25) is 5.91 Å². The summed E-state index contributed by atoms with van der Waals surface area (Å²) in [6.07, 6.45) is 2.44. The number of benzene rings is 2. The van der Waals surface area contributed by atoms with Gasteiger partial charge < -0.3 is 14.6 Å². The van der Waals surface area contributed by atoms with Gasteiger partial charge in [-0.1, -0.05) is 35.5 Å². The molecule has 0 fully saturated rings. The molecule has 2 aromatic carbocycles. The number of nitrogens with one attached hydrogen (secondary N) is 1. The van der Waals surface area contributed by atoms with E-state index in [1.165, 1.54) is 7.11 Å². The molecule has 0 saturated carbocycles. The van der Waals surface area contributed by atoms with Gasteiger partial charge in [-0.2, -0.15) is 0 Å². The monoisotopic (exact) mass is 350 g/mol. The third-order valence-corrected chi connectivity index (χ3v) is 3.89.